The number of para-hydroxylation sites is 2. The third-order valence-electron chi connectivity index (χ3n) is 3.35. The molecule has 0 amide bonds. The molecule has 0 radical (unpaired) electrons. The van der Waals surface area contributed by atoms with Gasteiger partial charge in [0.1, 0.15) is 5.75 Å². The van der Waals surface area contributed by atoms with Crippen molar-refractivity contribution in [1.82, 2.24) is 20.2 Å². The van der Waals surface area contributed by atoms with Crippen LogP contribution in [0.4, 0.5) is 5.69 Å². The summed E-state index contributed by atoms with van der Waals surface area (Å²) < 4.78 is 6.98. The number of hydrogen-bond acceptors (Lipinski definition) is 5. The van der Waals surface area contributed by atoms with Gasteiger partial charge in [0.25, 0.3) is 0 Å². The fourth-order valence-electron chi connectivity index (χ4n) is 2.14. The van der Waals surface area contributed by atoms with Crippen molar-refractivity contribution in [2.24, 2.45) is 0 Å². The zero-order valence-electron chi connectivity index (χ0n) is 13.0. The number of aryl methyl sites for hydroxylation is 1. The quantitative estimate of drug-likeness (QED) is 0.785. The third-order valence-corrected chi connectivity index (χ3v) is 3.35. The van der Waals surface area contributed by atoms with Gasteiger partial charge in [-0.2, -0.15) is 4.68 Å². The van der Waals surface area contributed by atoms with Crippen LogP contribution < -0.4 is 10.1 Å². The second-order valence-corrected chi connectivity index (χ2v) is 4.96. The van der Waals surface area contributed by atoms with Gasteiger partial charge in [-0.3, -0.25) is 0 Å². The molecule has 1 N–H and O–H groups in total. The van der Waals surface area contributed by atoms with Crippen LogP contribution in [-0.4, -0.2) is 27.3 Å². The Bertz CT molecular complexity index is 808. The van der Waals surface area contributed by atoms with E-state index in [1.54, 1.807) is 18.0 Å². The monoisotopic (exact) mass is 307 g/mol. The van der Waals surface area contributed by atoms with E-state index < -0.39 is 0 Å². The third kappa shape index (κ3) is 3.37. The highest BCUT2D eigenvalue weighted by molar-refractivity contribution is 5.60. The van der Waals surface area contributed by atoms with Crippen LogP contribution >= 0.6 is 0 Å². The SMILES string of the molecule is COc1ccccc1NC=Cc1nnnn1-c1ccc(C)cc1. The zero-order chi connectivity index (χ0) is 16.1. The van der Waals surface area contributed by atoms with Crippen LogP contribution in [0.3, 0.4) is 0 Å². The molecule has 0 saturated carbocycles. The molecule has 3 rings (SSSR count). The maximum absolute atomic E-state index is 5.30. The van der Waals surface area contributed by atoms with E-state index in [1.807, 2.05) is 61.5 Å². The largest absolute Gasteiger partial charge is 0.495 e. The van der Waals surface area contributed by atoms with Crippen molar-refractivity contribution in [3.63, 3.8) is 0 Å². The lowest BCUT2D eigenvalue weighted by Gasteiger charge is -2.07. The minimum absolute atomic E-state index is 0.635. The number of ether oxygens (including phenoxy) is 1. The van der Waals surface area contributed by atoms with Crippen LogP contribution in [0.5, 0.6) is 5.75 Å². The van der Waals surface area contributed by atoms with Gasteiger partial charge in [-0.25, -0.2) is 0 Å². The van der Waals surface area contributed by atoms with Crippen molar-refractivity contribution in [1.29, 1.82) is 0 Å². The van der Waals surface area contributed by atoms with Gasteiger partial charge in [-0.1, -0.05) is 29.8 Å². The minimum Gasteiger partial charge on any atom is -0.495 e. The number of nitrogens with zero attached hydrogens (tertiary/aromatic N) is 4. The fourth-order valence-corrected chi connectivity index (χ4v) is 2.14. The van der Waals surface area contributed by atoms with E-state index in [4.69, 9.17) is 4.74 Å². The Balaban J connectivity index is 1.79. The molecule has 6 nitrogen and oxygen atoms in total. The van der Waals surface area contributed by atoms with E-state index in [2.05, 4.69) is 20.8 Å². The van der Waals surface area contributed by atoms with Crippen molar-refractivity contribution in [2.75, 3.05) is 12.4 Å². The van der Waals surface area contributed by atoms with E-state index in [0.29, 0.717) is 5.82 Å². The smallest absolute Gasteiger partial charge is 0.181 e. The van der Waals surface area contributed by atoms with Gasteiger partial charge in [0.15, 0.2) is 5.82 Å². The van der Waals surface area contributed by atoms with Gasteiger partial charge >= 0.3 is 0 Å². The molecule has 23 heavy (non-hydrogen) atoms. The van der Waals surface area contributed by atoms with Gasteiger partial charge in [0.2, 0.25) is 0 Å². The summed E-state index contributed by atoms with van der Waals surface area (Å²) >= 11 is 0. The molecule has 0 bridgehead atoms. The average Bonchev–Trinajstić information content (AvgIpc) is 3.04. The van der Waals surface area contributed by atoms with Crippen LogP contribution in [0.2, 0.25) is 0 Å². The summed E-state index contributed by atoms with van der Waals surface area (Å²) in [6.07, 6.45) is 3.60. The maximum Gasteiger partial charge on any atom is 0.181 e. The molecule has 0 spiro atoms. The first-order valence-electron chi connectivity index (χ1n) is 7.19. The average molecular weight is 307 g/mol. The standard InChI is InChI=1S/C17H17N5O/c1-13-7-9-14(10-8-13)22-17(19-20-21-22)11-12-18-15-5-3-4-6-16(15)23-2/h3-12,18H,1-2H3. The lowest BCUT2D eigenvalue weighted by Crippen LogP contribution is -2.00. The molecular weight excluding hydrogens is 290 g/mol. The molecule has 0 fully saturated rings. The predicted octanol–water partition coefficient (Wildman–Crippen LogP) is 3.06. The fraction of sp³-hybridized carbons (Fsp3) is 0.118. The Labute approximate surface area is 134 Å². The summed E-state index contributed by atoms with van der Waals surface area (Å²) in [7, 11) is 1.64. The van der Waals surface area contributed by atoms with Crippen LogP contribution in [0.15, 0.2) is 54.7 Å². The molecule has 2 aromatic carbocycles. The Hall–Kier alpha value is -3.15. The van der Waals surface area contributed by atoms with Crippen LogP contribution in [0, 0.1) is 6.92 Å². The number of aromatic nitrogens is 4. The number of benzene rings is 2. The molecule has 0 aliphatic rings. The second-order valence-electron chi connectivity index (χ2n) is 4.96. The van der Waals surface area contributed by atoms with E-state index >= 15 is 0 Å². The Morgan fingerprint density at radius 1 is 1.09 bits per heavy atom. The first kappa shape index (κ1) is 14.8. The van der Waals surface area contributed by atoms with Crippen molar-refractivity contribution in [3.8, 4) is 11.4 Å². The van der Waals surface area contributed by atoms with E-state index in [1.165, 1.54) is 5.56 Å². The Morgan fingerprint density at radius 2 is 1.87 bits per heavy atom. The van der Waals surface area contributed by atoms with Gasteiger partial charge in [-0.05, 0) is 41.6 Å². The number of rotatable bonds is 5. The predicted molar refractivity (Wildman–Crippen MR) is 89.5 cm³/mol. The maximum atomic E-state index is 5.30. The first-order valence-corrected chi connectivity index (χ1v) is 7.19. The molecule has 3 aromatic rings. The Kier molecular flexibility index (Phi) is 4.33. The number of nitrogens with one attached hydrogen (secondary N) is 1. The van der Waals surface area contributed by atoms with Gasteiger partial charge in [0, 0.05) is 12.3 Å². The van der Waals surface area contributed by atoms with Crippen LogP contribution in [0.25, 0.3) is 11.8 Å². The molecule has 0 saturated heterocycles. The first-order chi connectivity index (χ1) is 11.3. The van der Waals surface area contributed by atoms with Crippen LogP contribution in [0.1, 0.15) is 11.4 Å². The van der Waals surface area contributed by atoms with Gasteiger partial charge in [-0.15, -0.1) is 5.10 Å². The number of tetrazole rings is 1. The number of anilines is 1. The molecule has 116 valence electrons. The molecule has 1 aromatic heterocycles. The molecule has 0 atom stereocenters. The molecular formula is C17H17N5O. The number of hydrogen-bond donors (Lipinski definition) is 1. The van der Waals surface area contributed by atoms with E-state index in [-0.39, 0.29) is 0 Å². The van der Waals surface area contributed by atoms with Crippen molar-refractivity contribution >= 4 is 11.8 Å². The van der Waals surface area contributed by atoms with Gasteiger partial charge in [0.05, 0.1) is 18.5 Å². The van der Waals surface area contributed by atoms with Crippen LogP contribution in [-0.2, 0) is 0 Å². The number of methoxy groups -OCH3 is 1. The molecule has 1 heterocycles. The van der Waals surface area contributed by atoms with Gasteiger partial charge < -0.3 is 10.1 Å². The topological polar surface area (TPSA) is 64.9 Å². The highest BCUT2D eigenvalue weighted by atomic mass is 16.5. The van der Waals surface area contributed by atoms with E-state index in [9.17, 15) is 0 Å². The zero-order valence-corrected chi connectivity index (χ0v) is 13.0. The second kappa shape index (κ2) is 6.74. The molecule has 0 unspecified atom stereocenters. The van der Waals surface area contributed by atoms with Crippen molar-refractivity contribution < 1.29 is 4.74 Å². The molecule has 0 aliphatic carbocycles. The highest BCUT2D eigenvalue weighted by Gasteiger charge is 2.05. The highest BCUT2D eigenvalue weighted by Crippen LogP contribution is 2.23. The van der Waals surface area contributed by atoms with E-state index in [0.717, 1.165) is 17.1 Å². The minimum atomic E-state index is 0.635. The van der Waals surface area contributed by atoms with Crippen molar-refractivity contribution in [2.45, 2.75) is 6.92 Å². The lowest BCUT2D eigenvalue weighted by atomic mass is 10.2. The molecule has 6 heteroatoms. The normalized spacial score (nSPS) is 10.9. The summed E-state index contributed by atoms with van der Waals surface area (Å²) in [6, 6.07) is 15.7. The molecule has 0 aliphatic heterocycles. The summed E-state index contributed by atoms with van der Waals surface area (Å²) in [5.74, 6) is 1.41. The Morgan fingerprint density at radius 3 is 2.65 bits per heavy atom. The lowest BCUT2D eigenvalue weighted by molar-refractivity contribution is 0.417. The summed E-state index contributed by atoms with van der Waals surface area (Å²) in [5.41, 5.74) is 2.98. The summed E-state index contributed by atoms with van der Waals surface area (Å²) in [6.45, 7) is 2.04. The summed E-state index contributed by atoms with van der Waals surface area (Å²) in [4.78, 5) is 0. The van der Waals surface area contributed by atoms with Crippen molar-refractivity contribution in [3.05, 3.63) is 66.1 Å². The summed E-state index contributed by atoms with van der Waals surface area (Å²) in [5, 5.41) is 15.0.